The summed E-state index contributed by atoms with van der Waals surface area (Å²) in [6, 6.07) is 15.0. The molecule has 0 bridgehead atoms. The Morgan fingerprint density at radius 2 is 1.47 bits per heavy atom. The number of nitrogens with one attached hydrogen (secondary N) is 1. The van der Waals surface area contributed by atoms with Crippen molar-refractivity contribution in [2.75, 3.05) is 13.1 Å². The predicted octanol–water partition coefficient (Wildman–Crippen LogP) is 0.796. The van der Waals surface area contributed by atoms with Crippen molar-refractivity contribution in [3.05, 3.63) is 59.7 Å². The van der Waals surface area contributed by atoms with Gasteiger partial charge in [-0.05, 0) is 42.8 Å². The number of nitrogens with two attached hydrogens (primary N) is 1. The van der Waals surface area contributed by atoms with Crippen molar-refractivity contribution in [1.82, 2.24) is 5.32 Å². The van der Waals surface area contributed by atoms with Gasteiger partial charge >= 0.3 is 20.3 Å². The topological polar surface area (TPSA) is 123 Å². The van der Waals surface area contributed by atoms with Crippen LogP contribution in [0.5, 0.6) is 0 Å². The van der Waals surface area contributed by atoms with Gasteiger partial charge in [0.25, 0.3) is 0 Å². The number of hydrogen-bond donors (Lipinski definition) is 4. The van der Waals surface area contributed by atoms with E-state index in [1.54, 1.807) is 20.8 Å². The number of benzene rings is 2. The van der Waals surface area contributed by atoms with Crippen LogP contribution in [0.1, 0.15) is 44.1 Å². The van der Waals surface area contributed by atoms with Gasteiger partial charge in [0.1, 0.15) is 5.60 Å². The van der Waals surface area contributed by atoms with Crippen molar-refractivity contribution in [2.24, 2.45) is 5.73 Å². The van der Waals surface area contributed by atoms with Gasteiger partial charge in [0.2, 0.25) is 0 Å². The number of ether oxygens (including phenoxy) is 1. The highest BCUT2D eigenvalue weighted by atomic mass is 35.5. The van der Waals surface area contributed by atoms with Gasteiger partial charge in [-0.25, -0.2) is 4.79 Å². The minimum absolute atomic E-state index is 0. The summed E-state index contributed by atoms with van der Waals surface area (Å²) in [5.41, 5.74) is 8.44. The Labute approximate surface area is 195 Å². The molecule has 8 nitrogen and oxygen atoms in total. The van der Waals surface area contributed by atoms with Crippen LogP contribution in [0.15, 0.2) is 48.5 Å². The summed E-state index contributed by atoms with van der Waals surface area (Å²) in [5, 5.41) is 21.8. The minimum Gasteiger partial charge on any atom is -0.444 e. The van der Waals surface area contributed by atoms with Crippen molar-refractivity contribution in [3.63, 3.8) is 0 Å². The molecular weight excluding hydrogens is 433 g/mol. The number of halogens is 1. The molecule has 4 rings (SSSR count). The van der Waals surface area contributed by atoms with Crippen LogP contribution in [0.25, 0.3) is 0 Å². The van der Waals surface area contributed by atoms with Gasteiger partial charge in [-0.15, -0.1) is 12.4 Å². The largest absolute Gasteiger partial charge is 0.492 e. The zero-order valence-electron chi connectivity index (χ0n) is 18.4. The van der Waals surface area contributed by atoms with E-state index in [4.69, 9.17) is 19.8 Å². The molecular formula is C21H29B2ClN2O6. The fraction of sp³-hybridized carbons (Fsp3) is 0.381. The standard InChI is InChI=1S/C13H18BNO4.C8H10BNO2.ClH/c1-13(2,3)18-12(16)15-8-11-9-6-4-5-7-10(9)14(17)19-11;10-5-8-6-3-1-2-4-7(6)9(11)12-8;/h4-7,11,17H,8H2,1-3H3,(H,15,16);1-4,8,11H,5,10H2;1H/t11-;8-;/m11./s1. The molecule has 2 aromatic rings. The summed E-state index contributed by atoms with van der Waals surface area (Å²) >= 11 is 0. The third kappa shape index (κ3) is 6.48. The van der Waals surface area contributed by atoms with Crippen LogP contribution in [0, 0.1) is 0 Å². The van der Waals surface area contributed by atoms with Crippen LogP contribution in [-0.4, -0.2) is 49.1 Å². The maximum atomic E-state index is 11.6. The Hall–Kier alpha value is -2.07. The van der Waals surface area contributed by atoms with Crippen LogP contribution in [0.2, 0.25) is 0 Å². The molecule has 0 unspecified atom stereocenters. The maximum absolute atomic E-state index is 11.6. The molecule has 0 fully saturated rings. The van der Waals surface area contributed by atoms with Crippen LogP contribution in [0.4, 0.5) is 4.79 Å². The second-order valence-electron chi connectivity index (χ2n) is 8.33. The molecule has 0 spiro atoms. The molecule has 2 aliphatic heterocycles. The van der Waals surface area contributed by atoms with Gasteiger partial charge < -0.3 is 35.1 Å². The lowest BCUT2D eigenvalue weighted by Crippen LogP contribution is -2.35. The normalized spacial score (nSPS) is 18.7. The van der Waals surface area contributed by atoms with Crippen molar-refractivity contribution in [1.29, 1.82) is 0 Å². The number of carbonyl (C=O) groups excluding carboxylic acids is 1. The van der Waals surface area contributed by atoms with Gasteiger partial charge in [0.15, 0.2) is 0 Å². The summed E-state index contributed by atoms with van der Waals surface area (Å²) in [4.78, 5) is 11.6. The first-order valence-corrected chi connectivity index (χ1v) is 10.2. The van der Waals surface area contributed by atoms with Crippen LogP contribution in [0.3, 0.4) is 0 Å². The van der Waals surface area contributed by atoms with Crippen LogP contribution in [-0.2, 0) is 14.0 Å². The highest BCUT2D eigenvalue weighted by Crippen LogP contribution is 2.22. The molecule has 0 radical (unpaired) electrons. The zero-order valence-corrected chi connectivity index (χ0v) is 19.2. The van der Waals surface area contributed by atoms with Crippen molar-refractivity contribution >= 4 is 43.7 Å². The summed E-state index contributed by atoms with van der Waals surface area (Å²) in [7, 11) is -1.73. The van der Waals surface area contributed by atoms with Gasteiger partial charge in [-0.2, -0.15) is 0 Å². The molecule has 0 saturated carbocycles. The Bertz CT molecular complexity index is 914. The van der Waals surface area contributed by atoms with E-state index in [-0.39, 0.29) is 31.2 Å². The van der Waals surface area contributed by atoms with Gasteiger partial charge in [0, 0.05) is 13.1 Å². The highest BCUT2D eigenvalue weighted by molar-refractivity contribution is 6.62. The van der Waals surface area contributed by atoms with E-state index < -0.39 is 25.9 Å². The lowest BCUT2D eigenvalue weighted by atomic mass is 9.79. The van der Waals surface area contributed by atoms with Gasteiger partial charge in [-0.3, -0.25) is 0 Å². The number of fused-ring (bicyclic) bond motifs is 2. The lowest BCUT2D eigenvalue weighted by Gasteiger charge is -2.21. The number of rotatable bonds is 3. The molecule has 0 saturated heterocycles. The molecule has 5 N–H and O–H groups in total. The van der Waals surface area contributed by atoms with E-state index in [0.29, 0.717) is 6.54 Å². The van der Waals surface area contributed by atoms with Gasteiger partial charge in [-0.1, -0.05) is 48.5 Å². The highest BCUT2D eigenvalue weighted by Gasteiger charge is 2.35. The Morgan fingerprint density at radius 3 is 1.97 bits per heavy atom. The third-order valence-electron chi connectivity index (χ3n) is 4.85. The second kappa shape index (κ2) is 11.2. The first-order valence-electron chi connectivity index (χ1n) is 10.2. The predicted molar refractivity (Wildman–Crippen MR) is 126 cm³/mol. The van der Waals surface area contributed by atoms with E-state index in [2.05, 4.69) is 5.32 Å². The molecule has 2 heterocycles. The Morgan fingerprint density at radius 1 is 1.00 bits per heavy atom. The fourth-order valence-corrected chi connectivity index (χ4v) is 3.49. The Kier molecular flexibility index (Phi) is 9.15. The maximum Gasteiger partial charge on any atom is 0.492 e. The molecule has 2 aliphatic rings. The molecule has 2 aromatic carbocycles. The molecule has 2 atom stereocenters. The van der Waals surface area contributed by atoms with E-state index >= 15 is 0 Å². The van der Waals surface area contributed by atoms with Crippen LogP contribution < -0.4 is 22.0 Å². The number of hydrogen-bond acceptors (Lipinski definition) is 7. The molecule has 1 amide bonds. The first-order chi connectivity index (χ1) is 14.7. The summed E-state index contributed by atoms with van der Waals surface area (Å²) < 4.78 is 15.8. The summed E-state index contributed by atoms with van der Waals surface area (Å²) in [5.74, 6) is 0. The monoisotopic (exact) mass is 462 g/mol. The van der Waals surface area contributed by atoms with Gasteiger partial charge in [0.05, 0.1) is 12.2 Å². The number of amides is 1. The average molecular weight is 463 g/mol. The van der Waals surface area contributed by atoms with Crippen LogP contribution >= 0.6 is 12.4 Å². The fourth-order valence-electron chi connectivity index (χ4n) is 3.49. The molecule has 0 aromatic heterocycles. The Balaban J connectivity index is 0.000000241. The smallest absolute Gasteiger partial charge is 0.444 e. The molecule has 11 heteroatoms. The molecule has 0 aliphatic carbocycles. The van der Waals surface area contributed by atoms with E-state index in [9.17, 15) is 14.8 Å². The van der Waals surface area contributed by atoms with Crippen molar-refractivity contribution < 1.29 is 28.9 Å². The third-order valence-corrected chi connectivity index (χ3v) is 4.85. The second-order valence-corrected chi connectivity index (χ2v) is 8.33. The lowest BCUT2D eigenvalue weighted by molar-refractivity contribution is 0.0498. The SMILES string of the molecule is CC(C)(C)OC(=O)NC[C@H]1OB(O)c2ccccc21.Cl.NC[C@H]1OB(O)c2ccccc21. The summed E-state index contributed by atoms with van der Waals surface area (Å²) in [6.07, 6.45) is -0.982. The van der Waals surface area contributed by atoms with Crippen molar-refractivity contribution in [2.45, 2.75) is 38.6 Å². The van der Waals surface area contributed by atoms with E-state index in [1.165, 1.54) is 0 Å². The van der Waals surface area contributed by atoms with E-state index in [0.717, 1.165) is 22.1 Å². The zero-order chi connectivity index (χ0) is 22.6. The first kappa shape index (κ1) is 26.2. The summed E-state index contributed by atoms with van der Waals surface area (Å²) in [6.45, 7) is 6.09. The molecule has 32 heavy (non-hydrogen) atoms. The van der Waals surface area contributed by atoms with Crippen molar-refractivity contribution in [3.8, 4) is 0 Å². The molecule has 172 valence electrons. The quantitative estimate of drug-likeness (QED) is 0.498. The number of carbonyl (C=O) groups is 1. The minimum atomic E-state index is -0.929. The average Bonchev–Trinajstić information content (AvgIpc) is 3.23. The van der Waals surface area contributed by atoms with E-state index in [1.807, 2.05) is 48.5 Å². The number of alkyl carbamates (subject to hydrolysis) is 1.